The van der Waals surface area contributed by atoms with Crippen molar-refractivity contribution in [1.29, 1.82) is 0 Å². The summed E-state index contributed by atoms with van der Waals surface area (Å²) < 4.78 is 0. The number of tetrazole rings is 1. The molecule has 2 fully saturated rings. The Balaban J connectivity index is 1.39. The topological polar surface area (TPSA) is 67.2 Å². The molecular formula is C21H30N6O. The lowest BCUT2D eigenvalue weighted by Crippen LogP contribution is -2.48. The summed E-state index contributed by atoms with van der Waals surface area (Å²) in [5.41, 5.74) is 2.24. The monoisotopic (exact) mass is 382 g/mol. The van der Waals surface area contributed by atoms with Crippen LogP contribution in [0.3, 0.4) is 0 Å². The van der Waals surface area contributed by atoms with Crippen molar-refractivity contribution >= 4 is 5.91 Å². The Kier molecular flexibility index (Phi) is 5.71. The predicted octanol–water partition coefficient (Wildman–Crippen LogP) is 2.73. The minimum Gasteiger partial charge on any atom is -0.336 e. The van der Waals surface area contributed by atoms with E-state index in [9.17, 15) is 4.79 Å². The summed E-state index contributed by atoms with van der Waals surface area (Å²) in [7, 11) is 0. The van der Waals surface area contributed by atoms with Gasteiger partial charge in [0.1, 0.15) is 6.54 Å². The lowest BCUT2D eigenvalue weighted by Gasteiger charge is -2.38. The average molecular weight is 383 g/mol. The Labute approximate surface area is 166 Å². The Bertz CT molecular complexity index is 785. The summed E-state index contributed by atoms with van der Waals surface area (Å²) >= 11 is 0. The molecule has 4 rings (SSSR count). The van der Waals surface area contributed by atoms with Crippen LogP contribution in [0.4, 0.5) is 0 Å². The van der Waals surface area contributed by atoms with E-state index in [0.717, 1.165) is 24.9 Å². The maximum Gasteiger partial charge on any atom is 0.246 e. The summed E-state index contributed by atoms with van der Waals surface area (Å²) in [6, 6.07) is 8.92. The van der Waals surface area contributed by atoms with Crippen LogP contribution < -0.4 is 0 Å². The molecule has 1 aromatic carbocycles. The van der Waals surface area contributed by atoms with Crippen molar-refractivity contribution in [2.24, 2.45) is 0 Å². The molecule has 1 amide bonds. The van der Waals surface area contributed by atoms with E-state index >= 15 is 0 Å². The van der Waals surface area contributed by atoms with Gasteiger partial charge in [0.15, 0.2) is 0 Å². The van der Waals surface area contributed by atoms with Gasteiger partial charge in [-0.3, -0.25) is 9.69 Å². The highest BCUT2D eigenvalue weighted by molar-refractivity contribution is 5.76. The van der Waals surface area contributed by atoms with E-state index in [1.807, 2.05) is 17.0 Å². The van der Waals surface area contributed by atoms with Gasteiger partial charge in [0, 0.05) is 24.2 Å². The Morgan fingerprint density at radius 3 is 2.39 bits per heavy atom. The summed E-state index contributed by atoms with van der Waals surface area (Å²) in [4.78, 5) is 18.6. The van der Waals surface area contributed by atoms with Crippen molar-refractivity contribution in [2.75, 3.05) is 13.1 Å². The first kappa shape index (κ1) is 19.1. The van der Waals surface area contributed by atoms with Crippen molar-refractivity contribution in [2.45, 2.75) is 71.1 Å². The van der Waals surface area contributed by atoms with Gasteiger partial charge in [-0.15, -0.1) is 10.2 Å². The van der Waals surface area contributed by atoms with E-state index in [1.165, 1.54) is 42.7 Å². The predicted molar refractivity (Wildman–Crippen MR) is 107 cm³/mol. The smallest absolute Gasteiger partial charge is 0.246 e. The van der Waals surface area contributed by atoms with E-state index in [2.05, 4.69) is 46.3 Å². The zero-order valence-electron chi connectivity index (χ0n) is 16.9. The second-order valence-corrected chi connectivity index (χ2v) is 8.25. The molecule has 0 radical (unpaired) electrons. The Morgan fingerprint density at radius 2 is 1.71 bits per heavy atom. The molecule has 150 valence electrons. The van der Waals surface area contributed by atoms with Crippen molar-refractivity contribution in [3.63, 3.8) is 0 Å². The molecule has 7 nitrogen and oxygen atoms in total. The van der Waals surface area contributed by atoms with Crippen LogP contribution in [-0.4, -0.2) is 61.1 Å². The molecule has 1 aromatic heterocycles. The van der Waals surface area contributed by atoms with Crippen molar-refractivity contribution in [3.05, 3.63) is 29.8 Å². The fraction of sp³-hybridized carbons (Fsp3) is 0.619. The van der Waals surface area contributed by atoms with Gasteiger partial charge in [-0.1, -0.05) is 24.3 Å². The summed E-state index contributed by atoms with van der Waals surface area (Å²) in [6.45, 7) is 7.78. The fourth-order valence-corrected chi connectivity index (χ4v) is 4.50. The van der Waals surface area contributed by atoms with Crippen LogP contribution >= 0.6 is 0 Å². The number of benzene rings is 1. The number of piperidine rings is 1. The average Bonchev–Trinajstić information content (AvgIpc) is 3.34. The molecule has 2 aromatic rings. The number of carbonyl (C=O) groups is 1. The largest absolute Gasteiger partial charge is 0.336 e. The number of aromatic nitrogens is 4. The molecule has 0 bridgehead atoms. The number of amides is 1. The van der Waals surface area contributed by atoms with Crippen molar-refractivity contribution < 1.29 is 4.79 Å². The molecular weight excluding hydrogens is 352 g/mol. The van der Waals surface area contributed by atoms with Gasteiger partial charge in [0.2, 0.25) is 11.7 Å². The fourth-order valence-electron chi connectivity index (χ4n) is 4.50. The van der Waals surface area contributed by atoms with Crippen LogP contribution in [0.25, 0.3) is 11.4 Å². The molecule has 28 heavy (non-hydrogen) atoms. The third kappa shape index (κ3) is 4.24. The van der Waals surface area contributed by atoms with Gasteiger partial charge in [0.25, 0.3) is 0 Å². The second-order valence-electron chi connectivity index (χ2n) is 8.25. The highest BCUT2D eigenvalue weighted by atomic mass is 16.2. The molecule has 2 saturated heterocycles. The number of likely N-dealkylation sites (tertiary alicyclic amines) is 2. The number of rotatable bonds is 5. The van der Waals surface area contributed by atoms with Gasteiger partial charge in [-0.05, 0) is 69.8 Å². The second kappa shape index (κ2) is 8.39. The standard InChI is InChI=1S/C21H30N6O/c1-16-6-5-7-17(2)27(16)20(28)15-26-23-21(22-24-26)19-10-8-18(9-11-19)14-25-12-3-4-13-25/h8-11,16-17H,3-7,12-15H2,1-2H3/t16-,17+. The van der Waals surface area contributed by atoms with Crippen LogP contribution in [-0.2, 0) is 17.9 Å². The van der Waals surface area contributed by atoms with E-state index in [1.54, 1.807) is 0 Å². The zero-order valence-corrected chi connectivity index (χ0v) is 16.9. The van der Waals surface area contributed by atoms with Crippen LogP contribution in [0.15, 0.2) is 24.3 Å². The first-order chi connectivity index (χ1) is 13.6. The first-order valence-electron chi connectivity index (χ1n) is 10.5. The Morgan fingerprint density at radius 1 is 1.04 bits per heavy atom. The molecule has 0 unspecified atom stereocenters. The van der Waals surface area contributed by atoms with Crippen molar-refractivity contribution in [1.82, 2.24) is 30.0 Å². The van der Waals surface area contributed by atoms with Gasteiger partial charge in [-0.25, -0.2) is 0 Å². The van der Waals surface area contributed by atoms with Gasteiger partial charge in [-0.2, -0.15) is 4.80 Å². The molecule has 2 aliphatic heterocycles. The molecule has 2 atom stereocenters. The number of nitrogens with zero attached hydrogens (tertiary/aromatic N) is 6. The molecule has 3 heterocycles. The van der Waals surface area contributed by atoms with Crippen molar-refractivity contribution in [3.8, 4) is 11.4 Å². The third-order valence-electron chi connectivity index (χ3n) is 6.03. The first-order valence-corrected chi connectivity index (χ1v) is 10.5. The lowest BCUT2D eigenvalue weighted by atomic mass is 9.97. The minimum absolute atomic E-state index is 0.0737. The highest BCUT2D eigenvalue weighted by Gasteiger charge is 2.29. The van der Waals surface area contributed by atoms with E-state index < -0.39 is 0 Å². The van der Waals surface area contributed by atoms with Gasteiger partial charge in [0.05, 0.1) is 0 Å². The van der Waals surface area contributed by atoms with E-state index in [4.69, 9.17) is 0 Å². The number of carbonyl (C=O) groups excluding carboxylic acids is 1. The van der Waals surface area contributed by atoms with Gasteiger partial charge < -0.3 is 4.90 Å². The Hall–Kier alpha value is -2.28. The molecule has 7 heteroatoms. The minimum atomic E-state index is 0.0737. The SMILES string of the molecule is C[C@@H]1CCC[C@H](C)N1C(=O)Cn1nnc(-c2ccc(CN3CCCC3)cc2)n1. The van der Waals surface area contributed by atoms with Crippen LogP contribution in [0.2, 0.25) is 0 Å². The summed E-state index contributed by atoms with van der Waals surface area (Å²) in [5.74, 6) is 0.643. The number of hydrogen-bond donors (Lipinski definition) is 0. The van der Waals surface area contributed by atoms with Crippen LogP contribution in [0, 0.1) is 0 Å². The third-order valence-corrected chi connectivity index (χ3v) is 6.03. The molecule has 0 spiro atoms. The van der Waals surface area contributed by atoms with E-state index in [0.29, 0.717) is 5.82 Å². The molecule has 0 saturated carbocycles. The lowest BCUT2D eigenvalue weighted by molar-refractivity contribution is -0.138. The number of hydrogen-bond acceptors (Lipinski definition) is 5. The quantitative estimate of drug-likeness (QED) is 0.795. The maximum atomic E-state index is 12.7. The molecule has 0 aliphatic carbocycles. The summed E-state index contributed by atoms with van der Waals surface area (Å²) in [5, 5.41) is 12.7. The molecule has 0 N–H and O–H groups in total. The van der Waals surface area contributed by atoms with Crippen LogP contribution in [0.5, 0.6) is 0 Å². The maximum absolute atomic E-state index is 12.7. The zero-order chi connectivity index (χ0) is 19.5. The van der Waals surface area contributed by atoms with Crippen LogP contribution in [0.1, 0.15) is 51.5 Å². The normalized spacial score (nSPS) is 23.3. The van der Waals surface area contributed by atoms with Gasteiger partial charge >= 0.3 is 0 Å². The molecule has 2 aliphatic rings. The summed E-state index contributed by atoms with van der Waals surface area (Å²) in [6.07, 6.45) is 5.93. The highest BCUT2D eigenvalue weighted by Crippen LogP contribution is 2.23. The van der Waals surface area contributed by atoms with E-state index in [-0.39, 0.29) is 24.5 Å².